The summed E-state index contributed by atoms with van der Waals surface area (Å²) >= 11 is 0. The maximum Gasteiger partial charge on any atom is 0.227 e. The van der Waals surface area contributed by atoms with E-state index in [9.17, 15) is 0 Å². The molecule has 2 aromatic rings. The van der Waals surface area contributed by atoms with E-state index in [2.05, 4.69) is 14.9 Å². The first-order chi connectivity index (χ1) is 9.34. The summed E-state index contributed by atoms with van der Waals surface area (Å²) in [5, 5.41) is 0. The van der Waals surface area contributed by atoms with Gasteiger partial charge < -0.3 is 10.6 Å². The highest BCUT2D eigenvalue weighted by Gasteiger charge is 2.15. The maximum atomic E-state index is 6.08. The summed E-state index contributed by atoms with van der Waals surface area (Å²) in [5.74, 6) is 1.32. The zero-order valence-electron chi connectivity index (χ0n) is 10.9. The van der Waals surface area contributed by atoms with E-state index in [0.29, 0.717) is 5.82 Å². The van der Waals surface area contributed by atoms with Gasteiger partial charge in [0.25, 0.3) is 0 Å². The molecule has 3 rings (SSSR count). The predicted octanol–water partition coefficient (Wildman–Crippen LogP) is 2.72. The Hall–Kier alpha value is -2.10. The summed E-state index contributed by atoms with van der Waals surface area (Å²) in [7, 11) is 0. The molecule has 0 amide bonds. The van der Waals surface area contributed by atoms with Crippen molar-refractivity contribution in [2.45, 2.75) is 19.3 Å². The monoisotopic (exact) mass is 254 g/mol. The van der Waals surface area contributed by atoms with E-state index in [-0.39, 0.29) is 0 Å². The van der Waals surface area contributed by atoms with Crippen LogP contribution >= 0.6 is 0 Å². The molecule has 2 N–H and O–H groups in total. The van der Waals surface area contributed by atoms with Gasteiger partial charge >= 0.3 is 0 Å². The van der Waals surface area contributed by atoms with Crippen LogP contribution in [0.1, 0.15) is 19.3 Å². The van der Waals surface area contributed by atoms with E-state index in [1.165, 1.54) is 19.3 Å². The molecule has 19 heavy (non-hydrogen) atoms. The van der Waals surface area contributed by atoms with Gasteiger partial charge in [-0.3, -0.25) is 0 Å². The Bertz CT molecular complexity index is 547. The average molecular weight is 254 g/mol. The third-order valence-corrected chi connectivity index (χ3v) is 3.53. The fourth-order valence-corrected chi connectivity index (χ4v) is 2.47. The number of nitrogen functional groups attached to an aromatic ring is 1. The lowest BCUT2D eigenvalue weighted by Gasteiger charge is -2.26. The van der Waals surface area contributed by atoms with Crippen LogP contribution in [-0.2, 0) is 0 Å². The molecular formula is C15H18N4. The molecule has 0 radical (unpaired) electrons. The molecule has 0 bridgehead atoms. The van der Waals surface area contributed by atoms with Crippen LogP contribution in [0.2, 0.25) is 0 Å². The second-order valence-electron chi connectivity index (χ2n) is 4.88. The zero-order valence-corrected chi connectivity index (χ0v) is 10.9. The Balaban J connectivity index is 1.89. The number of hydrogen-bond donors (Lipinski definition) is 1. The first-order valence-electron chi connectivity index (χ1n) is 6.77. The number of rotatable bonds is 2. The van der Waals surface area contributed by atoms with Gasteiger partial charge in [-0.25, -0.2) is 4.98 Å². The van der Waals surface area contributed by atoms with Gasteiger partial charge in [0.1, 0.15) is 5.82 Å². The molecule has 1 fully saturated rings. The molecule has 0 unspecified atom stereocenters. The molecule has 0 atom stereocenters. The largest absolute Gasteiger partial charge is 0.383 e. The topological polar surface area (TPSA) is 55.0 Å². The van der Waals surface area contributed by atoms with Crippen molar-refractivity contribution >= 4 is 11.8 Å². The van der Waals surface area contributed by atoms with Crippen LogP contribution in [0.25, 0.3) is 11.1 Å². The fraction of sp³-hybridized carbons (Fsp3) is 0.333. The molecule has 1 aliphatic rings. The highest BCUT2D eigenvalue weighted by molar-refractivity contribution is 5.73. The number of hydrogen-bond acceptors (Lipinski definition) is 4. The summed E-state index contributed by atoms with van der Waals surface area (Å²) < 4.78 is 0. The van der Waals surface area contributed by atoms with Crippen molar-refractivity contribution in [1.82, 2.24) is 9.97 Å². The van der Waals surface area contributed by atoms with Gasteiger partial charge in [-0.2, -0.15) is 4.98 Å². The number of nitrogens with zero attached hydrogens (tertiary/aromatic N) is 3. The summed E-state index contributed by atoms with van der Waals surface area (Å²) in [6.45, 7) is 2.06. The first kappa shape index (κ1) is 12.0. The molecule has 4 nitrogen and oxygen atoms in total. The highest BCUT2D eigenvalue weighted by Crippen LogP contribution is 2.25. The van der Waals surface area contributed by atoms with Crippen molar-refractivity contribution in [1.29, 1.82) is 0 Å². The number of nitrogens with two attached hydrogens (primary N) is 1. The summed E-state index contributed by atoms with van der Waals surface area (Å²) in [5.41, 5.74) is 8.05. The van der Waals surface area contributed by atoms with Gasteiger partial charge in [-0.05, 0) is 24.8 Å². The quantitative estimate of drug-likeness (QED) is 0.895. The lowest BCUT2D eigenvalue weighted by Crippen LogP contribution is -2.31. The second-order valence-corrected chi connectivity index (χ2v) is 4.88. The minimum atomic E-state index is 0.557. The molecule has 4 heteroatoms. The molecule has 1 aromatic carbocycles. The van der Waals surface area contributed by atoms with Crippen LogP contribution in [-0.4, -0.2) is 23.1 Å². The van der Waals surface area contributed by atoms with Crippen molar-refractivity contribution in [3.8, 4) is 11.1 Å². The molecule has 0 spiro atoms. The maximum absolute atomic E-state index is 6.08. The molecule has 98 valence electrons. The van der Waals surface area contributed by atoms with Gasteiger partial charge in [0.15, 0.2) is 0 Å². The molecule has 0 aliphatic carbocycles. The van der Waals surface area contributed by atoms with Gasteiger partial charge in [0, 0.05) is 24.8 Å². The zero-order chi connectivity index (χ0) is 13.1. The van der Waals surface area contributed by atoms with E-state index in [0.717, 1.165) is 30.2 Å². The van der Waals surface area contributed by atoms with Gasteiger partial charge in [-0.15, -0.1) is 0 Å². The Kier molecular flexibility index (Phi) is 3.31. The minimum absolute atomic E-state index is 0.557. The third kappa shape index (κ3) is 2.52. The number of piperidine rings is 1. The molecule has 1 aliphatic heterocycles. The van der Waals surface area contributed by atoms with E-state index >= 15 is 0 Å². The number of anilines is 2. The molecule has 1 aromatic heterocycles. The Morgan fingerprint density at radius 1 is 1.00 bits per heavy atom. The van der Waals surface area contributed by atoms with Crippen LogP contribution in [0.4, 0.5) is 11.8 Å². The average Bonchev–Trinajstić information content (AvgIpc) is 2.49. The third-order valence-electron chi connectivity index (χ3n) is 3.53. The predicted molar refractivity (Wildman–Crippen MR) is 77.9 cm³/mol. The Labute approximate surface area is 113 Å². The van der Waals surface area contributed by atoms with Crippen molar-refractivity contribution in [2.24, 2.45) is 0 Å². The fourth-order valence-electron chi connectivity index (χ4n) is 2.47. The molecule has 2 heterocycles. The standard InChI is InChI=1S/C15H18N4/c16-14-13(12-7-3-1-4-8-12)11-17-15(18-14)19-9-5-2-6-10-19/h1,3-4,7-8,11H,2,5-6,9-10H2,(H2,16,17,18). The SMILES string of the molecule is Nc1nc(N2CCCCC2)ncc1-c1ccccc1. The first-order valence-corrected chi connectivity index (χ1v) is 6.77. The smallest absolute Gasteiger partial charge is 0.227 e. The lowest BCUT2D eigenvalue weighted by molar-refractivity contribution is 0.568. The Morgan fingerprint density at radius 3 is 2.42 bits per heavy atom. The second kappa shape index (κ2) is 5.26. The molecule has 1 saturated heterocycles. The highest BCUT2D eigenvalue weighted by atomic mass is 15.3. The van der Waals surface area contributed by atoms with Crippen molar-refractivity contribution < 1.29 is 0 Å². The van der Waals surface area contributed by atoms with Crippen LogP contribution < -0.4 is 10.6 Å². The number of benzene rings is 1. The van der Waals surface area contributed by atoms with Crippen LogP contribution in [0.15, 0.2) is 36.5 Å². The van der Waals surface area contributed by atoms with Gasteiger partial charge in [0.2, 0.25) is 5.95 Å². The Morgan fingerprint density at radius 2 is 1.74 bits per heavy atom. The van der Waals surface area contributed by atoms with Crippen LogP contribution in [0, 0.1) is 0 Å². The van der Waals surface area contributed by atoms with E-state index < -0.39 is 0 Å². The van der Waals surface area contributed by atoms with Gasteiger partial charge in [0.05, 0.1) is 0 Å². The van der Waals surface area contributed by atoms with E-state index in [1.807, 2.05) is 36.5 Å². The van der Waals surface area contributed by atoms with Crippen molar-refractivity contribution in [2.75, 3.05) is 23.7 Å². The van der Waals surface area contributed by atoms with Gasteiger partial charge in [-0.1, -0.05) is 30.3 Å². The number of aromatic nitrogens is 2. The van der Waals surface area contributed by atoms with Crippen molar-refractivity contribution in [3.63, 3.8) is 0 Å². The van der Waals surface area contributed by atoms with E-state index in [1.54, 1.807) is 0 Å². The van der Waals surface area contributed by atoms with Crippen LogP contribution in [0.3, 0.4) is 0 Å². The minimum Gasteiger partial charge on any atom is -0.383 e. The van der Waals surface area contributed by atoms with E-state index in [4.69, 9.17) is 5.73 Å². The lowest BCUT2D eigenvalue weighted by atomic mass is 10.1. The summed E-state index contributed by atoms with van der Waals surface area (Å²) in [4.78, 5) is 11.2. The normalized spacial score (nSPS) is 15.5. The van der Waals surface area contributed by atoms with Crippen LogP contribution in [0.5, 0.6) is 0 Å². The summed E-state index contributed by atoms with van der Waals surface area (Å²) in [6, 6.07) is 10.0. The molecule has 0 saturated carbocycles. The summed E-state index contributed by atoms with van der Waals surface area (Å²) in [6.07, 6.45) is 5.56. The molecular weight excluding hydrogens is 236 g/mol. The van der Waals surface area contributed by atoms with Crippen molar-refractivity contribution in [3.05, 3.63) is 36.5 Å².